The number of aromatic nitrogens is 2. The quantitative estimate of drug-likeness (QED) is 0.851. The Kier molecular flexibility index (Phi) is 3.38. The van der Waals surface area contributed by atoms with Crippen molar-refractivity contribution in [2.45, 2.75) is 26.2 Å². The Morgan fingerprint density at radius 2 is 2.05 bits per heavy atom. The molecule has 1 heterocycles. The number of anilines is 2. The average molecular weight is 274 g/mol. The van der Waals surface area contributed by atoms with E-state index in [1.807, 2.05) is 18.2 Å². The molecular formula is C15H16ClN3. The number of hydrogen-bond acceptors (Lipinski definition) is 3. The zero-order valence-electron chi connectivity index (χ0n) is 10.9. The molecule has 0 radical (unpaired) electrons. The summed E-state index contributed by atoms with van der Waals surface area (Å²) in [4.78, 5) is 8.84. The molecule has 1 aliphatic rings. The summed E-state index contributed by atoms with van der Waals surface area (Å²) in [6.07, 6.45) is 3.51. The molecule has 0 atom stereocenters. The third-order valence-electron chi connectivity index (χ3n) is 3.32. The summed E-state index contributed by atoms with van der Waals surface area (Å²) in [6.45, 7) is 2.07. The molecule has 98 valence electrons. The first-order chi connectivity index (χ1) is 9.20. The highest BCUT2D eigenvalue weighted by atomic mass is 35.5. The van der Waals surface area contributed by atoms with Crippen LogP contribution in [0.3, 0.4) is 0 Å². The normalized spacial score (nSPS) is 14.4. The Labute approximate surface area is 118 Å². The van der Waals surface area contributed by atoms with E-state index in [9.17, 15) is 0 Å². The highest BCUT2D eigenvalue weighted by molar-refractivity contribution is 6.29. The van der Waals surface area contributed by atoms with Crippen LogP contribution in [-0.2, 0) is 6.42 Å². The van der Waals surface area contributed by atoms with Gasteiger partial charge in [-0.3, -0.25) is 0 Å². The molecule has 1 saturated carbocycles. The average Bonchev–Trinajstić information content (AvgIpc) is 3.15. The van der Waals surface area contributed by atoms with E-state index in [0.717, 1.165) is 29.7 Å². The topological polar surface area (TPSA) is 37.8 Å². The number of halogens is 1. The largest absolute Gasteiger partial charge is 0.340 e. The zero-order valence-corrected chi connectivity index (χ0v) is 11.6. The van der Waals surface area contributed by atoms with Gasteiger partial charge >= 0.3 is 0 Å². The minimum Gasteiger partial charge on any atom is -0.340 e. The molecule has 4 heteroatoms. The van der Waals surface area contributed by atoms with Crippen LogP contribution >= 0.6 is 11.6 Å². The molecular weight excluding hydrogens is 258 g/mol. The van der Waals surface area contributed by atoms with Gasteiger partial charge in [-0.15, -0.1) is 0 Å². The summed E-state index contributed by atoms with van der Waals surface area (Å²) < 4.78 is 0. The molecule has 0 saturated heterocycles. The Bertz CT molecular complexity index is 594. The standard InChI is InChI=1S/C15H16ClN3/c1-10-4-2-3-5-12(10)17-15-9-13(16)18-14(19-15)8-11-6-7-11/h2-5,9,11H,6-8H2,1H3,(H,17,18,19). The molecule has 3 rings (SSSR count). The van der Waals surface area contributed by atoms with E-state index in [0.29, 0.717) is 5.15 Å². The maximum Gasteiger partial charge on any atom is 0.135 e. The van der Waals surface area contributed by atoms with Gasteiger partial charge in [0.2, 0.25) is 0 Å². The number of nitrogens with zero attached hydrogens (tertiary/aromatic N) is 2. The molecule has 0 aliphatic heterocycles. The number of aryl methyl sites for hydroxylation is 1. The number of para-hydroxylation sites is 1. The fourth-order valence-corrected chi connectivity index (χ4v) is 2.25. The van der Waals surface area contributed by atoms with Gasteiger partial charge in [0.15, 0.2) is 0 Å². The van der Waals surface area contributed by atoms with Gasteiger partial charge in [-0.2, -0.15) is 0 Å². The second-order valence-electron chi connectivity index (χ2n) is 5.08. The van der Waals surface area contributed by atoms with Crippen molar-refractivity contribution in [1.82, 2.24) is 9.97 Å². The summed E-state index contributed by atoms with van der Waals surface area (Å²) >= 11 is 6.07. The molecule has 0 amide bonds. The van der Waals surface area contributed by atoms with E-state index in [1.165, 1.54) is 18.4 Å². The predicted octanol–water partition coefficient (Wildman–Crippen LogP) is 4.13. The third-order valence-corrected chi connectivity index (χ3v) is 3.51. The molecule has 1 N–H and O–H groups in total. The van der Waals surface area contributed by atoms with Gasteiger partial charge in [0.05, 0.1) is 0 Å². The first kappa shape index (κ1) is 12.4. The van der Waals surface area contributed by atoms with Crippen molar-refractivity contribution in [1.29, 1.82) is 0 Å². The van der Waals surface area contributed by atoms with Gasteiger partial charge in [0.1, 0.15) is 16.8 Å². The maximum atomic E-state index is 6.07. The van der Waals surface area contributed by atoms with E-state index in [2.05, 4.69) is 28.3 Å². The number of nitrogens with one attached hydrogen (secondary N) is 1. The highest BCUT2D eigenvalue weighted by Crippen LogP contribution is 2.32. The Morgan fingerprint density at radius 3 is 2.79 bits per heavy atom. The van der Waals surface area contributed by atoms with Gasteiger partial charge in [-0.05, 0) is 37.3 Å². The molecule has 0 unspecified atom stereocenters. The maximum absolute atomic E-state index is 6.07. The zero-order chi connectivity index (χ0) is 13.2. The summed E-state index contributed by atoms with van der Waals surface area (Å²) in [7, 11) is 0. The van der Waals surface area contributed by atoms with Gasteiger partial charge in [0, 0.05) is 18.2 Å². The Morgan fingerprint density at radius 1 is 1.26 bits per heavy atom. The van der Waals surface area contributed by atoms with E-state index in [4.69, 9.17) is 11.6 Å². The van der Waals surface area contributed by atoms with Crippen molar-refractivity contribution in [2.75, 3.05) is 5.32 Å². The van der Waals surface area contributed by atoms with Crippen LogP contribution in [-0.4, -0.2) is 9.97 Å². The fourth-order valence-electron chi connectivity index (χ4n) is 2.05. The minimum atomic E-state index is 0.502. The van der Waals surface area contributed by atoms with Crippen molar-refractivity contribution >= 4 is 23.1 Å². The first-order valence-corrected chi connectivity index (χ1v) is 6.94. The molecule has 3 nitrogen and oxygen atoms in total. The molecule has 1 aromatic carbocycles. The Hall–Kier alpha value is -1.61. The lowest BCUT2D eigenvalue weighted by atomic mass is 10.2. The van der Waals surface area contributed by atoms with Gasteiger partial charge in [-0.1, -0.05) is 29.8 Å². The number of benzene rings is 1. The van der Waals surface area contributed by atoms with E-state index >= 15 is 0 Å². The molecule has 1 aromatic heterocycles. The predicted molar refractivity (Wildman–Crippen MR) is 77.9 cm³/mol. The van der Waals surface area contributed by atoms with E-state index in [1.54, 1.807) is 6.07 Å². The molecule has 1 aliphatic carbocycles. The second-order valence-corrected chi connectivity index (χ2v) is 5.47. The van der Waals surface area contributed by atoms with Gasteiger partial charge in [-0.25, -0.2) is 9.97 Å². The SMILES string of the molecule is Cc1ccccc1Nc1cc(Cl)nc(CC2CC2)n1. The molecule has 0 spiro atoms. The third kappa shape index (κ3) is 3.24. The summed E-state index contributed by atoms with van der Waals surface area (Å²) in [5.41, 5.74) is 2.23. The fraction of sp³-hybridized carbons (Fsp3) is 0.333. The summed E-state index contributed by atoms with van der Waals surface area (Å²) in [5, 5.41) is 3.81. The second kappa shape index (κ2) is 5.17. The van der Waals surface area contributed by atoms with Crippen LogP contribution in [0.25, 0.3) is 0 Å². The highest BCUT2D eigenvalue weighted by Gasteiger charge is 2.23. The van der Waals surface area contributed by atoms with Crippen LogP contribution in [0.15, 0.2) is 30.3 Å². The van der Waals surface area contributed by atoms with Crippen LogP contribution < -0.4 is 5.32 Å². The van der Waals surface area contributed by atoms with Crippen LogP contribution in [0.4, 0.5) is 11.5 Å². The smallest absolute Gasteiger partial charge is 0.135 e. The van der Waals surface area contributed by atoms with E-state index in [-0.39, 0.29) is 0 Å². The van der Waals surface area contributed by atoms with Crippen molar-refractivity contribution < 1.29 is 0 Å². The van der Waals surface area contributed by atoms with Crippen LogP contribution in [0.2, 0.25) is 5.15 Å². The lowest BCUT2D eigenvalue weighted by molar-refractivity contribution is 0.771. The van der Waals surface area contributed by atoms with Crippen LogP contribution in [0, 0.1) is 12.8 Å². The minimum absolute atomic E-state index is 0.502. The lowest BCUT2D eigenvalue weighted by Crippen LogP contribution is -2.02. The molecule has 2 aromatic rings. The van der Waals surface area contributed by atoms with Crippen LogP contribution in [0.5, 0.6) is 0 Å². The van der Waals surface area contributed by atoms with E-state index < -0.39 is 0 Å². The number of hydrogen-bond donors (Lipinski definition) is 1. The molecule has 0 bridgehead atoms. The summed E-state index contributed by atoms with van der Waals surface area (Å²) in [5.74, 6) is 2.36. The monoisotopic (exact) mass is 273 g/mol. The van der Waals surface area contributed by atoms with Gasteiger partial charge in [0.25, 0.3) is 0 Å². The van der Waals surface area contributed by atoms with Crippen molar-refractivity contribution in [2.24, 2.45) is 5.92 Å². The van der Waals surface area contributed by atoms with Gasteiger partial charge < -0.3 is 5.32 Å². The molecule has 19 heavy (non-hydrogen) atoms. The Balaban J connectivity index is 1.83. The molecule has 1 fully saturated rings. The number of rotatable bonds is 4. The van der Waals surface area contributed by atoms with Crippen LogP contribution in [0.1, 0.15) is 24.2 Å². The van der Waals surface area contributed by atoms with Crippen molar-refractivity contribution in [3.05, 3.63) is 46.9 Å². The summed E-state index contributed by atoms with van der Waals surface area (Å²) in [6, 6.07) is 9.89. The lowest BCUT2D eigenvalue weighted by Gasteiger charge is -2.10. The van der Waals surface area contributed by atoms with Crippen molar-refractivity contribution in [3.63, 3.8) is 0 Å². The van der Waals surface area contributed by atoms with Crippen molar-refractivity contribution in [3.8, 4) is 0 Å². The first-order valence-electron chi connectivity index (χ1n) is 6.57.